The van der Waals surface area contributed by atoms with Gasteiger partial charge in [0.15, 0.2) is 0 Å². The van der Waals surface area contributed by atoms with Crippen LogP contribution in [0.25, 0.3) is 0 Å². The third-order valence-electron chi connectivity index (χ3n) is 3.18. The van der Waals surface area contributed by atoms with Gasteiger partial charge in [0.05, 0.1) is 5.57 Å². The highest BCUT2D eigenvalue weighted by atomic mass is 16.1. The van der Waals surface area contributed by atoms with E-state index in [1.807, 2.05) is 37.3 Å². The molecular weight excluding hydrogens is 242 g/mol. The molecule has 1 atom stereocenters. The Hall–Kier alpha value is -2.63. The van der Waals surface area contributed by atoms with Gasteiger partial charge in [-0.05, 0) is 12.5 Å². The smallest absolute Gasteiger partial charge is 0.248 e. The fourth-order valence-corrected chi connectivity index (χ4v) is 2.35. The fraction of sp³-hybridized carbons (Fsp3) is 0.154. The number of rotatable bonds is 2. The molecule has 19 heavy (non-hydrogen) atoms. The number of nitrogens with one attached hydrogen (secondary N) is 1. The van der Waals surface area contributed by atoms with Crippen LogP contribution in [-0.2, 0) is 4.79 Å². The molecule has 0 unspecified atom stereocenters. The number of hydrogen-bond acceptors (Lipinski definition) is 4. The van der Waals surface area contributed by atoms with Gasteiger partial charge >= 0.3 is 0 Å². The molecule has 0 radical (unpaired) electrons. The van der Waals surface area contributed by atoms with E-state index in [1.165, 1.54) is 6.33 Å². The number of carbonyl (C=O) groups is 1. The van der Waals surface area contributed by atoms with E-state index >= 15 is 0 Å². The minimum Gasteiger partial charge on any atom is -0.366 e. The number of amides is 1. The van der Waals surface area contributed by atoms with Crippen molar-refractivity contribution < 1.29 is 4.79 Å². The maximum absolute atomic E-state index is 11.7. The number of nitrogens with zero attached hydrogens (tertiary/aromatic N) is 3. The normalized spacial score (nSPS) is 17.8. The van der Waals surface area contributed by atoms with Gasteiger partial charge < -0.3 is 11.1 Å². The molecule has 0 fully saturated rings. The SMILES string of the molecule is CC1=C(C(N)=O)[C@@H](c2ccccc2)n2ncnc2N1. The lowest BCUT2D eigenvalue weighted by atomic mass is 9.95. The van der Waals surface area contributed by atoms with Crippen LogP contribution < -0.4 is 11.1 Å². The Morgan fingerprint density at radius 3 is 2.79 bits per heavy atom. The number of fused-ring (bicyclic) bond motifs is 1. The predicted octanol–water partition coefficient (Wildman–Crippen LogP) is 1.05. The molecule has 6 nitrogen and oxygen atoms in total. The van der Waals surface area contributed by atoms with Crippen molar-refractivity contribution >= 4 is 11.9 Å². The Balaban J connectivity index is 2.21. The first-order valence-electron chi connectivity index (χ1n) is 5.90. The maximum atomic E-state index is 11.7. The topological polar surface area (TPSA) is 85.8 Å². The number of hydrogen-bond donors (Lipinski definition) is 2. The Morgan fingerprint density at radius 2 is 2.11 bits per heavy atom. The van der Waals surface area contributed by atoms with E-state index in [4.69, 9.17) is 5.73 Å². The maximum Gasteiger partial charge on any atom is 0.248 e. The van der Waals surface area contributed by atoms with Crippen LogP contribution in [0.1, 0.15) is 18.5 Å². The molecule has 6 heteroatoms. The van der Waals surface area contributed by atoms with Gasteiger partial charge in [-0.1, -0.05) is 30.3 Å². The average Bonchev–Trinajstić information content (AvgIpc) is 2.85. The second-order valence-electron chi connectivity index (χ2n) is 4.37. The number of allylic oxidation sites excluding steroid dienone is 1. The number of aromatic nitrogens is 3. The molecule has 2 aromatic rings. The highest BCUT2D eigenvalue weighted by Gasteiger charge is 2.31. The molecule has 1 aliphatic rings. The van der Waals surface area contributed by atoms with Crippen LogP contribution in [0.4, 0.5) is 5.95 Å². The summed E-state index contributed by atoms with van der Waals surface area (Å²) in [6.07, 6.45) is 1.45. The largest absolute Gasteiger partial charge is 0.366 e. The number of anilines is 1. The highest BCUT2D eigenvalue weighted by molar-refractivity contribution is 5.95. The first-order valence-corrected chi connectivity index (χ1v) is 5.90. The number of carbonyl (C=O) groups excluding carboxylic acids is 1. The summed E-state index contributed by atoms with van der Waals surface area (Å²) in [4.78, 5) is 15.9. The standard InChI is InChI=1S/C13H13N5O/c1-8-10(12(14)19)11(9-5-3-2-4-6-9)18-13(17-8)15-7-16-18/h2-7,11H,1H3,(H2,14,19)(H,15,16,17)/t11-/m1/s1. The summed E-state index contributed by atoms with van der Waals surface area (Å²) in [5, 5.41) is 7.22. The second kappa shape index (κ2) is 4.24. The second-order valence-corrected chi connectivity index (χ2v) is 4.37. The number of primary amides is 1. The van der Waals surface area contributed by atoms with Crippen molar-refractivity contribution in [3.8, 4) is 0 Å². The number of benzene rings is 1. The van der Waals surface area contributed by atoms with Crippen LogP contribution in [0.5, 0.6) is 0 Å². The zero-order valence-electron chi connectivity index (χ0n) is 10.4. The Labute approximate surface area is 109 Å². The molecule has 0 saturated carbocycles. The molecule has 1 aromatic heterocycles. The molecule has 0 aliphatic carbocycles. The van der Waals surface area contributed by atoms with Gasteiger partial charge in [0.25, 0.3) is 0 Å². The Kier molecular flexibility index (Phi) is 2.56. The molecule has 0 saturated heterocycles. The van der Waals surface area contributed by atoms with Crippen molar-refractivity contribution in [1.29, 1.82) is 0 Å². The van der Waals surface area contributed by atoms with Crippen molar-refractivity contribution in [2.24, 2.45) is 5.73 Å². The summed E-state index contributed by atoms with van der Waals surface area (Å²) in [6.45, 7) is 1.81. The Bertz CT molecular complexity index is 659. The van der Waals surface area contributed by atoms with Gasteiger partial charge in [0, 0.05) is 5.70 Å². The summed E-state index contributed by atoms with van der Waals surface area (Å²) < 4.78 is 1.67. The van der Waals surface area contributed by atoms with Crippen LogP contribution in [0.2, 0.25) is 0 Å². The van der Waals surface area contributed by atoms with E-state index in [2.05, 4.69) is 15.4 Å². The molecule has 3 N–H and O–H groups in total. The van der Waals surface area contributed by atoms with Gasteiger partial charge in [-0.15, -0.1) is 0 Å². The Morgan fingerprint density at radius 1 is 1.37 bits per heavy atom. The van der Waals surface area contributed by atoms with Crippen LogP contribution >= 0.6 is 0 Å². The van der Waals surface area contributed by atoms with Gasteiger partial charge in [0.1, 0.15) is 12.4 Å². The van der Waals surface area contributed by atoms with E-state index < -0.39 is 5.91 Å². The van der Waals surface area contributed by atoms with Crippen LogP contribution in [0.3, 0.4) is 0 Å². The zero-order chi connectivity index (χ0) is 13.4. The lowest BCUT2D eigenvalue weighted by Gasteiger charge is -2.27. The molecule has 1 aromatic carbocycles. The summed E-state index contributed by atoms with van der Waals surface area (Å²) in [5.74, 6) is 0.149. The van der Waals surface area contributed by atoms with E-state index in [0.29, 0.717) is 17.2 Å². The summed E-state index contributed by atoms with van der Waals surface area (Å²) in [6, 6.07) is 9.31. The van der Waals surface area contributed by atoms with Gasteiger partial charge in [0.2, 0.25) is 11.9 Å². The first-order chi connectivity index (χ1) is 9.18. The quantitative estimate of drug-likeness (QED) is 0.840. The summed E-state index contributed by atoms with van der Waals surface area (Å²) in [5.41, 5.74) is 7.67. The minimum absolute atomic E-state index is 0.336. The first kappa shape index (κ1) is 11.5. The average molecular weight is 255 g/mol. The monoisotopic (exact) mass is 255 g/mol. The molecule has 1 aliphatic heterocycles. The third-order valence-corrected chi connectivity index (χ3v) is 3.18. The summed E-state index contributed by atoms with van der Waals surface area (Å²) >= 11 is 0. The van der Waals surface area contributed by atoms with E-state index in [1.54, 1.807) is 4.68 Å². The highest BCUT2D eigenvalue weighted by Crippen LogP contribution is 2.33. The molecule has 0 bridgehead atoms. The van der Waals surface area contributed by atoms with Crippen LogP contribution in [0, 0.1) is 0 Å². The molecule has 2 heterocycles. The molecule has 96 valence electrons. The number of nitrogens with two attached hydrogens (primary N) is 1. The summed E-state index contributed by atoms with van der Waals surface area (Å²) in [7, 11) is 0. The van der Waals surface area contributed by atoms with Gasteiger partial charge in [-0.3, -0.25) is 4.79 Å². The zero-order valence-corrected chi connectivity index (χ0v) is 10.4. The van der Waals surface area contributed by atoms with Crippen molar-refractivity contribution in [3.05, 3.63) is 53.5 Å². The van der Waals surface area contributed by atoms with Gasteiger partial charge in [-0.25, -0.2) is 4.68 Å². The van der Waals surface area contributed by atoms with Crippen molar-refractivity contribution in [2.45, 2.75) is 13.0 Å². The van der Waals surface area contributed by atoms with Gasteiger partial charge in [-0.2, -0.15) is 10.1 Å². The van der Waals surface area contributed by atoms with Crippen molar-refractivity contribution in [3.63, 3.8) is 0 Å². The van der Waals surface area contributed by atoms with E-state index in [-0.39, 0.29) is 6.04 Å². The third kappa shape index (κ3) is 1.77. The fourth-order valence-electron chi connectivity index (χ4n) is 2.35. The predicted molar refractivity (Wildman–Crippen MR) is 70.1 cm³/mol. The molecular formula is C13H13N5O. The lowest BCUT2D eigenvalue weighted by molar-refractivity contribution is -0.115. The molecule has 1 amide bonds. The van der Waals surface area contributed by atoms with Crippen LogP contribution in [-0.4, -0.2) is 20.7 Å². The van der Waals surface area contributed by atoms with Crippen molar-refractivity contribution in [2.75, 3.05) is 5.32 Å². The van der Waals surface area contributed by atoms with Crippen LogP contribution in [0.15, 0.2) is 47.9 Å². The van der Waals surface area contributed by atoms with Crippen molar-refractivity contribution in [1.82, 2.24) is 14.8 Å². The minimum atomic E-state index is -0.458. The molecule has 3 rings (SSSR count). The van der Waals surface area contributed by atoms with E-state index in [9.17, 15) is 4.79 Å². The molecule has 0 spiro atoms. The van der Waals surface area contributed by atoms with E-state index in [0.717, 1.165) is 5.56 Å². The lowest BCUT2D eigenvalue weighted by Crippen LogP contribution is -2.31.